The highest BCUT2D eigenvalue weighted by molar-refractivity contribution is 5.80. The third-order valence-corrected chi connectivity index (χ3v) is 2.29. The normalized spacial score (nSPS) is 13.0. The second kappa shape index (κ2) is 10.8. The Morgan fingerprint density at radius 1 is 1.33 bits per heavy atom. The number of nitrogens with zero attached hydrogens (tertiary/aromatic N) is 1. The van der Waals surface area contributed by atoms with Crippen LogP contribution in [0.5, 0.6) is 0 Å². The predicted molar refractivity (Wildman–Crippen MR) is 71.7 cm³/mol. The molecule has 0 fully saturated rings. The molecular weight excluding hydrogens is 234 g/mol. The number of hydrogen-bond acceptors (Lipinski definition) is 4. The van der Waals surface area contributed by atoms with Gasteiger partial charge in [-0.05, 0) is 13.3 Å². The van der Waals surface area contributed by atoms with Crippen LogP contribution in [0.3, 0.4) is 0 Å². The molecule has 6 nitrogen and oxygen atoms in total. The van der Waals surface area contributed by atoms with E-state index < -0.39 is 0 Å². The number of carbonyl (C=O) groups is 1. The summed E-state index contributed by atoms with van der Waals surface area (Å²) in [7, 11) is 3.06. The molecule has 0 aliphatic heterocycles. The minimum Gasteiger partial charge on any atom is -0.469 e. The molecule has 0 radical (unpaired) electrons. The Hall–Kier alpha value is -1.30. The van der Waals surface area contributed by atoms with Gasteiger partial charge < -0.3 is 20.1 Å². The molecule has 0 aromatic carbocycles. The summed E-state index contributed by atoms with van der Waals surface area (Å²) >= 11 is 0. The molecule has 1 atom stereocenters. The fraction of sp³-hybridized carbons (Fsp3) is 0.833. The average molecular weight is 259 g/mol. The van der Waals surface area contributed by atoms with Gasteiger partial charge in [0.25, 0.3) is 0 Å². The molecule has 0 bridgehead atoms. The maximum absolute atomic E-state index is 11.2. The van der Waals surface area contributed by atoms with E-state index in [-0.39, 0.29) is 11.9 Å². The third kappa shape index (κ3) is 7.89. The van der Waals surface area contributed by atoms with Crippen molar-refractivity contribution in [3.8, 4) is 0 Å². The van der Waals surface area contributed by atoms with Crippen LogP contribution in [0.1, 0.15) is 20.3 Å². The van der Waals surface area contributed by atoms with Crippen LogP contribution < -0.4 is 10.6 Å². The molecule has 0 spiro atoms. The van der Waals surface area contributed by atoms with Crippen molar-refractivity contribution in [3.63, 3.8) is 0 Å². The summed E-state index contributed by atoms with van der Waals surface area (Å²) in [6.45, 7) is 6.48. The smallest absolute Gasteiger partial charge is 0.310 e. The molecule has 0 amide bonds. The number of rotatable bonds is 8. The molecule has 2 N–H and O–H groups in total. The van der Waals surface area contributed by atoms with E-state index in [9.17, 15) is 4.79 Å². The van der Waals surface area contributed by atoms with E-state index in [1.54, 1.807) is 14.0 Å². The van der Waals surface area contributed by atoms with Gasteiger partial charge in [-0.2, -0.15) is 0 Å². The second-order valence-corrected chi connectivity index (χ2v) is 3.92. The van der Waals surface area contributed by atoms with E-state index in [1.165, 1.54) is 7.11 Å². The van der Waals surface area contributed by atoms with Crippen molar-refractivity contribution in [1.29, 1.82) is 0 Å². The largest absolute Gasteiger partial charge is 0.469 e. The first-order chi connectivity index (χ1) is 8.65. The summed E-state index contributed by atoms with van der Waals surface area (Å²) in [4.78, 5) is 15.6. The molecule has 0 aliphatic carbocycles. The van der Waals surface area contributed by atoms with Gasteiger partial charge in [-0.25, -0.2) is 0 Å². The first-order valence-electron chi connectivity index (χ1n) is 6.24. The zero-order valence-corrected chi connectivity index (χ0v) is 11.8. The molecule has 0 saturated heterocycles. The Bertz CT molecular complexity index is 257. The quantitative estimate of drug-likeness (QED) is 0.285. The Balaban J connectivity index is 4.09. The summed E-state index contributed by atoms with van der Waals surface area (Å²) in [6.07, 6.45) is 0.910. The van der Waals surface area contributed by atoms with Crippen molar-refractivity contribution in [3.05, 3.63) is 0 Å². The predicted octanol–water partition coefficient (Wildman–Crippen LogP) is 0.387. The molecule has 106 valence electrons. The van der Waals surface area contributed by atoms with Gasteiger partial charge in [-0.1, -0.05) is 6.92 Å². The standard InChI is InChI=1S/C12H25N3O3/c1-5-13-12(14-7-6-8-17-3)15-9-10(2)11(16)18-4/h10H,5-9H2,1-4H3,(H2,13,14,15). The monoisotopic (exact) mass is 259 g/mol. The fourth-order valence-corrected chi connectivity index (χ4v) is 1.27. The van der Waals surface area contributed by atoms with Crippen LogP contribution >= 0.6 is 0 Å². The van der Waals surface area contributed by atoms with E-state index in [2.05, 4.69) is 20.4 Å². The van der Waals surface area contributed by atoms with Crippen LogP contribution in [0.2, 0.25) is 0 Å². The lowest BCUT2D eigenvalue weighted by atomic mass is 10.2. The highest BCUT2D eigenvalue weighted by atomic mass is 16.5. The summed E-state index contributed by atoms with van der Waals surface area (Å²) in [5.41, 5.74) is 0. The average Bonchev–Trinajstić information content (AvgIpc) is 2.39. The van der Waals surface area contributed by atoms with Crippen molar-refractivity contribution in [1.82, 2.24) is 10.6 Å². The molecule has 0 aliphatic rings. The van der Waals surface area contributed by atoms with Crippen LogP contribution in [0.15, 0.2) is 4.99 Å². The summed E-state index contributed by atoms with van der Waals surface area (Å²) in [6, 6.07) is 0. The summed E-state index contributed by atoms with van der Waals surface area (Å²) in [5.74, 6) is 0.239. The molecule has 1 unspecified atom stereocenters. The molecule has 0 aromatic rings. The number of guanidine groups is 1. The van der Waals surface area contributed by atoms with Crippen molar-refractivity contribution in [2.24, 2.45) is 10.9 Å². The number of esters is 1. The maximum Gasteiger partial charge on any atom is 0.310 e. The van der Waals surface area contributed by atoms with Crippen LogP contribution in [0, 0.1) is 5.92 Å². The molecule has 18 heavy (non-hydrogen) atoms. The van der Waals surface area contributed by atoms with Crippen molar-refractivity contribution < 1.29 is 14.3 Å². The lowest BCUT2D eigenvalue weighted by Gasteiger charge is -2.12. The van der Waals surface area contributed by atoms with Crippen LogP contribution in [0.4, 0.5) is 0 Å². The van der Waals surface area contributed by atoms with Crippen molar-refractivity contribution in [2.45, 2.75) is 20.3 Å². The Labute approximate surface area is 109 Å². The van der Waals surface area contributed by atoms with Gasteiger partial charge >= 0.3 is 5.97 Å². The number of hydrogen-bond donors (Lipinski definition) is 2. The van der Waals surface area contributed by atoms with E-state index in [0.717, 1.165) is 19.5 Å². The Morgan fingerprint density at radius 3 is 2.61 bits per heavy atom. The van der Waals surface area contributed by atoms with E-state index in [1.807, 2.05) is 6.92 Å². The van der Waals surface area contributed by atoms with Crippen LogP contribution in [-0.4, -0.2) is 52.4 Å². The Kier molecular flexibility index (Phi) is 10.0. The molecule has 0 heterocycles. The first-order valence-corrected chi connectivity index (χ1v) is 6.24. The van der Waals surface area contributed by atoms with Crippen molar-refractivity contribution >= 4 is 11.9 Å². The molecule has 0 saturated carbocycles. The number of nitrogens with one attached hydrogen (secondary N) is 2. The third-order valence-electron chi connectivity index (χ3n) is 2.29. The molecule has 0 rings (SSSR count). The zero-order chi connectivity index (χ0) is 13.8. The van der Waals surface area contributed by atoms with Gasteiger partial charge in [-0.15, -0.1) is 0 Å². The zero-order valence-electron chi connectivity index (χ0n) is 11.8. The number of methoxy groups -OCH3 is 2. The van der Waals surface area contributed by atoms with Gasteiger partial charge in [0.1, 0.15) is 0 Å². The highest BCUT2D eigenvalue weighted by Crippen LogP contribution is 1.97. The van der Waals surface area contributed by atoms with Gasteiger partial charge in [0.15, 0.2) is 5.96 Å². The molecule has 6 heteroatoms. The van der Waals surface area contributed by atoms with E-state index >= 15 is 0 Å². The van der Waals surface area contributed by atoms with E-state index in [4.69, 9.17) is 4.74 Å². The molecular formula is C12H25N3O3. The second-order valence-electron chi connectivity index (χ2n) is 3.92. The van der Waals surface area contributed by atoms with E-state index in [0.29, 0.717) is 19.1 Å². The first kappa shape index (κ1) is 16.7. The van der Waals surface area contributed by atoms with Crippen LogP contribution in [0.25, 0.3) is 0 Å². The SMILES string of the molecule is CCNC(=NCC(C)C(=O)OC)NCCCOC. The van der Waals surface area contributed by atoms with Crippen molar-refractivity contribution in [2.75, 3.05) is 40.5 Å². The van der Waals surface area contributed by atoms with Crippen LogP contribution in [-0.2, 0) is 14.3 Å². The van der Waals surface area contributed by atoms with Gasteiger partial charge in [0.2, 0.25) is 0 Å². The number of carbonyl (C=O) groups excluding carboxylic acids is 1. The summed E-state index contributed by atoms with van der Waals surface area (Å²) in [5, 5.41) is 6.29. The van der Waals surface area contributed by atoms with Gasteiger partial charge in [-0.3, -0.25) is 9.79 Å². The highest BCUT2D eigenvalue weighted by Gasteiger charge is 2.12. The fourth-order valence-electron chi connectivity index (χ4n) is 1.27. The molecule has 0 aromatic heterocycles. The minimum absolute atomic E-state index is 0.232. The lowest BCUT2D eigenvalue weighted by Crippen LogP contribution is -2.38. The van der Waals surface area contributed by atoms with Gasteiger partial charge in [0.05, 0.1) is 19.6 Å². The maximum atomic E-state index is 11.2. The summed E-state index contributed by atoms with van der Waals surface area (Å²) < 4.78 is 9.62. The number of ether oxygens (including phenoxy) is 2. The minimum atomic E-state index is -0.242. The lowest BCUT2D eigenvalue weighted by molar-refractivity contribution is -0.144. The van der Waals surface area contributed by atoms with Gasteiger partial charge in [0, 0.05) is 26.8 Å². The Morgan fingerprint density at radius 2 is 2.06 bits per heavy atom. The topological polar surface area (TPSA) is 72.0 Å². The number of aliphatic imine (C=N–C) groups is 1.